The minimum Gasteiger partial charge on any atom is -0.385 e. The number of halogens is 8. The van der Waals surface area contributed by atoms with Gasteiger partial charge in [0.15, 0.2) is 0 Å². The Morgan fingerprint density at radius 3 is 1.79 bits per heavy atom. The molecular weight excluding hydrogens is 563 g/mol. The molecule has 11 heteroatoms. The van der Waals surface area contributed by atoms with Crippen molar-refractivity contribution in [3.63, 3.8) is 0 Å². The molecule has 1 atom stereocenters. The lowest BCUT2D eigenvalue weighted by atomic mass is 10.1. The van der Waals surface area contributed by atoms with E-state index in [1.54, 1.807) is 19.1 Å². The summed E-state index contributed by atoms with van der Waals surface area (Å²) in [4.78, 5) is 0. The van der Waals surface area contributed by atoms with Crippen LogP contribution >= 0.6 is 23.2 Å². The van der Waals surface area contributed by atoms with Gasteiger partial charge in [-0.1, -0.05) is 47.0 Å². The van der Waals surface area contributed by atoms with E-state index in [1.807, 2.05) is 13.0 Å². The molecule has 0 fully saturated rings. The number of aryl methyl sites for hydroxylation is 2. The topological polar surface area (TPSA) is 50.1 Å². The van der Waals surface area contributed by atoms with Crippen molar-refractivity contribution in [2.75, 3.05) is 23.7 Å². The van der Waals surface area contributed by atoms with E-state index in [2.05, 4.69) is 49.6 Å². The summed E-state index contributed by atoms with van der Waals surface area (Å²) in [5.74, 6) is 0. The molecular formula is C28H33Cl2F6N3. The van der Waals surface area contributed by atoms with Gasteiger partial charge in [0.05, 0.1) is 11.1 Å². The third-order valence-corrected chi connectivity index (χ3v) is 5.78. The lowest BCUT2D eigenvalue weighted by Crippen LogP contribution is -2.14. The summed E-state index contributed by atoms with van der Waals surface area (Å²) in [7, 11) is 0. The zero-order chi connectivity index (χ0) is 30.0. The predicted molar refractivity (Wildman–Crippen MR) is 150 cm³/mol. The molecule has 0 heterocycles. The molecule has 0 aliphatic carbocycles. The average Bonchev–Trinajstić information content (AvgIpc) is 2.80. The second kappa shape index (κ2) is 15.2. The third kappa shape index (κ3) is 11.6. The highest BCUT2D eigenvalue weighted by Crippen LogP contribution is 2.39. The molecule has 1 unspecified atom stereocenters. The van der Waals surface area contributed by atoms with Crippen molar-refractivity contribution in [1.82, 2.24) is 0 Å². The SMILES string of the molecule is CC(N)c1ccc(Cl)cc1Cl.CCNc1ccc(C(F)(F)F)cc1C(F)(F)F.CCNc1ccc(C)cc1C. The lowest BCUT2D eigenvalue weighted by Gasteiger charge is -2.16. The summed E-state index contributed by atoms with van der Waals surface area (Å²) < 4.78 is 74.5. The highest BCUT2D eigenvalue weighted by Gasteiger charge is 2.38. The van der Waals surface area contributed by atoms with Gasteiger partial charge in [-0.3, -0.25) is 0 Å². The van der Waals surface area contributed by atoms with Crippen LogP contribution in [0.2, 0.25) is 10.0 Å². The Morgan fingerprint density at radius 1 is 0.769 bits per heavy atom. The number of benzene rings is 3. The molecule has 3 rings (SSSR count). The third-order valence-electron chi connectivity index (χ3n) is 5.22. The van der Waals surface area contributed by atoms with Crippen molar-refractivity contribution in [3.05, 3.63) is 92.5 Å². The maximum absolute atomic E-state index is 12.5. The van der Waals surface area contributed by atoms with Gasteiger partial charge in [-0.2, -0.15) is 26.3 Å². The lowest BCUT2D eigenvalue weighted by molar-refractivity contribution is -0.142. The first kappa shape index (κ1) is 34.4. The molecule has 0 bridgehead atoms. The maximum atomic E-state index is 12.5. The predicted octanol–water partition coefficient (Wildman–Crippen LogP) is 9.90. The molecule has 0 amide bonds. The molecule has 216 valence electrons. The van der Waals surface area contributed by atoms with Gasteiger partial charge in [-0.15, -0.1) is 0 Å². The summed E-state index contributed by atoms with van der Waals surface area (Å²) in [6.07, 6.45) is -9.61. The molecule has 0 aliphatic rings. The van der Waals surface area contributed by atoms with E-state index in [1.165, 1.54) is 16.8 Å². The van der Waals surface area contributed by atoms with Gasteiger partial charge in [0.1, 0.15) is 0 Å². The van der Waals surface area contributed by atoms with E-state index in [0.717, 1.165) is 18.2 Å². The zero-order valence-electron chi connectivity index (χ0n) is 22.3. The van der Waals surface area contributed by atoms with E-state index >= 15 is 0 Å². The molecule has 0 aromatic heterocycles. The Kier molecular flexibility index (Phi) is 13.4. The first-order valence-electron chi connectivity index (χ1n) is 12.0. The molecule has 0 aliphatic heterocycles. The van der Waals surface area contributed by atoms with Gasteiger partial charge < -0.3 is 16.4 Å². The monoisotopic (exact) mass is 595 g/mol. The van der Waals surface area contributed by atoms with Crippen LogP contribution in [0.25, 0.3) is 0 Å². The summed E-state index contributed by atoms with van der Waals surface area (Å²) in [5.41, 5.74) is 7.48. The fourth-order valence-electron chi connectivity index (χ4n) is 3.37. The van der Waals surface area contributed by atoms with E-state index in [9.17, 15) is 26.3 Å². The molecule has 3 aromatic carbocycles. The fraction of sp³-hybridized carbons (Fsp3) is 0.357. The van der Waals surface area contributed by atoms with Crippen LogP contribution < -0.4 is 16.4 Å². The van der Waals surface area contributed by atoms with Crippen LogP contribution in [0.4, 0.5) is 37.7 Å². The number of nitrogens with one attached hydrogen (secondary N) is 2. The standard InChI is InChI=1S/C10H9F6N.C10H15N.C8H9Cl2N/c1-2-17-8-4-3-6(9(11,12)13)5-7(8)10(14,15)16;1-4-11-10-6-5-8(2)7-9(10)3;1-5(11)7-3-2-6(9)4-8(7)10/h3-5,17H,2H2,1H3;5-7,11H,4H2,1-3H3;2-5H,11H2,1H3. The van der Waals surface area contributed by atoms with Gasteiger partial charge in [0.2, 0.25) is 0 Å². The smallest absolute Gasteiger partial charge is 0.385 e. The summed E-state index contributed by atoms with van der Waals surface area (Å²) in [6, 6.07) is 13.3. The van der Waals surface area contributed by atoms with Gasteiger partial charge in [-0.25, -0.2) is 0 Å². The number of rotatable bonds is 5. The van der Waals surface area contributed by atoms with E-state index in [0.29, 0.717) is 16.1 Å². The van der Waals surface area contributed by atoms with Crippen molar-refractivity contribution in [2.24, 2.45) is 5.73 Å². The van der Waals surface area contributed by atoms with Gasteiger partial charge >= 0.3 is 12.4 Å². The van der Waals surface area contributed by atoms with Gasteiger partial charge in [0, 0.05) is 40.6 Å². The highest BCUT2D eigenvalue weighted by atomic mass is 35.5. The van der Waals surface area contributed by atoms with Gasteiger partial charge in [0.25, 0.3) is 0 Å². The number of nitrogens with two attached hydrogens (primary N) is 1. The van der Waals surface area contributed by atoms with E-state index in [-0.39, 0.29) is 24.3 Å². The first-order valence-corrected chi connectivity index (χ1v) is 12.8. The number of hydrogen-bond acceptors (Lipinski definition) is 3. The van der Waals surface area contributed by atoms with Crippen LogP contribution in [0, 0.1) is 13.8 Å². The first-order chi connectivity index (χ1) is 18.0. The van der Waals surface area contributed by atoms with Crippen molar-refractivity contribution >= 4 is 34.6 Å². The number of anilines is 2. The second-order valence-corrected chi connectivity index (χ2v) is 9.43. The molecule has 0 saturated heterocycles. The summed E-state index contributed by atoms with van der Waals surface area (Å²) in [5, 5.41) is 6.95. The number of hydrogen-bond donors (Lipinski definition) is 3. The molecule has 39 heavy (non-hydrogen) atoms. The fourth-order valence-corrected chi connectivity index (χ4v) is 3.95. The van der Waals surface area contributed by atoms with E-state index < -0.39 is 23.5 Å². The molecule has 4 N–H and O–H groups in total. The quantitative estimate of drug-likeness (QED) is 0.257. The Morgan fingerprint density at radius 2 is 1.33 bits per heavy atom. The Hall–Kier alpha value is -2.62. The van der Waals surface area contributed by atoms with Crippen LogP contribution in [-0.4, -0.2) is 13.1 Å². The number of alkyl halides is 6. The van der Waals surface area contributed by atoms with Crippen molar-refractivity contribution in [1.29, 1.82) is 0 Å². The van der Waals surface area contributed by atoms with Gasteiger partial charge in [-0.05, 0) is 82.1 Å². The minimum atomic E-state index is -4.82. The largest absolute Gasteiger partial charge is 0.418 e. The molecule has 0 spiro atoms. The zero-order valence-corrected chi connectivity index (χ0v) is 23.8. The van der Waals surface area contributed by atoms with E-state index in [4.69, 9.17) is 28.9 Å². The summed E-state index contributed by atoms with van der Waals surface area (Å²) in [6.45, 7) is 11.0. The van der Waals surface area contributed by atoms with Crippen LogP contribution in [0.1, 0.15) is 54.6 Å². The van der Waals surface area contributed by atoms with Crippen molar-refractivity contribution in [3.8, 4) is 0 Å². The Bertz CT molecular complexity index is 1190. The molecule has 3 nitrogen and oxygen atoms in total. The molecule has 3 aromatic rings. The van der Waals surface area contributed by atoms with Crippen LogP contribution in [0.15, 0.2) is 54.6 Å². The molecule has 0 saturated carbocycles. The minimum absolute atomic E-state index is 0.0419. The summed E-state index contributed by atoms with van der Waals surface area (Å²) >= 11 is 11.6. The van der Waals surface area contributed by atoms with Crippen molar-refractivity contribution < 1.29 is 26.3 Å². The second-order valence-electron chi connectivity index (χ2n) is 8.59. The van der Waals surface area contributed by atoms with Crippen LogP contribution in [0.5, 0.6) is 0 Å². The van der Waals surface area contributed by atoms with Crippen LogP contribution in [-0.2, 0) is 12.4 Å². The normalized spacial score (nSPS) is 11.9. The average molecular weight is 596 g/mol. The Balaban J connectivity index is 0.000000304. The Labute approximate surface area is 235 Å². The van der Waals surface area contributed by atoms with Crippen LogP contribution in [0.3, 0.4) is 0 Å². The highest BCUT2D eigenvalue weighted by molar-refractivity contribution is 6.35. The maximum Gasteiger partial charge on any atom is 0.418 e. The van der Waals surface area contributed by atoms with Crippen molar-refractivity contribution in [2.45, 2.75) is 53.0 Å². The molecule has 0 radical (unpaired) electrons.